The van der Waals surface area contributed by atoms with E-state index in [-0.39, 0.29) is 0 Å². The molecule has 0 fully saturated rings. The van der Waals surface area contributed by atoms with Crippen LogP contribution in [0.4, 0.5) is 0 Å². The van der Waals surface area contributed by atoms with E-state index in [0.717, 1.165) is 15.6 Å². The van der Waals surface area contributed by atoms with Crippen molar-refractivity contribution in [1.29, 1.82) is 0 Å². The third kappa shape index (κ3) is 3.04. The second-order valence-corrected chi connectivity index (χ2v) is 6.11. The number of fused-ring (bicyclic) bond motifs is 1. The molecule has 112 valence electrons. The van der Waals surface area contributed by atoms with Gasteiger partial charge in [-0.25, -0.2) is 4.98 Å². The van der Waals surface area contributed by atoms with Crippen LogP contribution in [0.15, 0.2) is 51.4 Å². The number of nitrogens with zero attached hydrogens (tertiary/aromatic N) is 1. The molecule has 1 unspecified atom stereocenters. The van der Waals surface area contributed by atoms with E-state index in [1.165, 1.54) is 0 Å². The Labute approximate surface area is 135 Å². The first-order valence-corrected chi connectivity index (χ1v) is 7.69. The van der Waals surface area contributed by atoms with Crippen molar-refractivity contribution in [3.8, 4) is 0 Å². The second kappa shape index (κ2) is 5.93. The summed E-state index contributed by atoms with van der Waals surface area (Å²) in [5.41, 5.74) is 3.20. The highest BCUT2D eigenvalue weighted by Gasteiger charge is 2.15. The van der Waals surface area contributed by atoms with Gasteiger partial charge in [-0.2, -0.15) is 0 Å². The molecule has 0 aliphatic rings. The largest absolute Gasteiger partial charge is 0.481 e. The molecular weight excluding hydrogens is 346 g/mol. The summed E-state index contributed by atoms with van der Waals surface area (Å²) in [6.07, 6.45) is 0.603. The zero-order chi connectivity index (χ0) is 15.7. The molecule has 4 nitrogen and oxygen atoms in total. The second-order valence-electron chi connectivity index (χ2n) is 5.20. The standard InChI is InChI=1S/C17H14BrNO3/c1-10(17(20)21)12-4-7-15-14(9-12)19-16(22-15)8-11-2-5-13(18)6-3-11/h2-7,9-10H,8H2,1H3,(H,20,21). The first kappa shape index (κ1) is 14.8. The first-order valence-electron chi connectivity index (χ1n) is 6.89. The number of halogens is 1. The Morgan fingerprint density at radius 2 is 2.00 bits per heavy atom. The molecule has 3 aromatic rings. The minimum absolute atomic E-state index is 0.559. The number of carbonyl (C=O) groups is 1. The molecule has 5 heteroatoms. The topological polar surface area (TPSA) is 63.3 Å². The number of carboxylic acid groups (broad SMARTS) is 1. The van der Waals surface area contributed by atoms with E-state index in [1.807, 2.05) is 24.3 Å². The summed E-state index contributed by atoms with van der Waals surface area (Å²) >= 11 is 3.41. The van der Waals surface area contributed by atoms with E-state index in [1.54, 1.807) is 25.1 Å². The Balaban J connectivity index is 1.89. The number of oxazole rings is 1. The third-order valence-corrected chi connectivity index (χ3v) is 4.12. The predicted molar refractivity (Wildman–Crippen MR) is 87.0 cm³/mol. The summed E-state index contributed by atoms with van der Waals surface area (Å²) < 4.78 is 6.76. The fraction of sp³-hybridized carbons (Fsp3) is 0.176. The minimum atomic E-state index is -0.849. The van der Waals surface area contributed by atoms with Gasteiger partial charge in [0.25, 0.3) is 0 Å². The van der Waals surface area contributed by atoms with Crippen LogP contribution in [0.25, 0.3) is 11.1 Å². The van der Waals surface area contributed by atoms with E-state index in [2.05, 4.69) is 20.9 Å². The Hall–Kier alpha value is -2.14. The quantitative estimate of drug-likeness (QED) is 0.751. The molecule has 0 spiro atoms. The van der Waals surface area contributed by atoms with E-state index >= 15 is 0 Å². The monoisotopic (exact) mass is 359 g/mol. The lowest BCUT2D eigenvalue weighted by Crippen LogP contribution is -2.06. The molecular formula is C17H14BrNO3. The van der Waals surface area contributed by atoms with Gasteiger partial charge in [-0.3, -0.25) is 4.79 Å². The van der Waals surface area contributed by atoms with Gasteiger partial charge >= 0.3 is 5.97 Å². The summed E-state index contributed by atoms with van der Waals surface area (Å²) in [4.78, 5) is 15.5. The maximum Gasteiger partial charge on any atom is 0.310 e. The lowest BCUT2D eigenvalue weighted by atomic mass is 10.0. The third-order valence-electron chi connectivity index (χ3n) is 3.59. The van der Waals surface area contributed by atoms with Crippen molar-refractivity contribution in [3.63, 3.8) is 0 Å². The number of benzene rings is 2. The van der Waals surface area contributed by atoms with Crippen LogP contribution in [-0.2, 0) is 11.2 Å². The number of aromatic nitrogens is 1. The summed E-state index contributed by atoms with van der Waals surface area (Å²) in [5, 5.41) is 9.08. The molecule has 0 amide bonds. The van der Waals surface area contributed by atoms with Crippen LogP contribution in [0.3, 0.4) is 0 Å². The van der Waals surface area contributed by atoms with Crippen molar-refractivity contribution in [2.45, 2.75) is 19.3 Å². The van der Waals surface area contributed by atoms with Crippen molar-refractivity contribution < 1.29 is 14.3 Å². The number of hydrogen-bond donors (Lipinski definition) is 1. The molecule has 22 heavy (non-hydrogen) atoms. The fourth-order valence-corrected chi connectivity index (χ4v) is 2.52. The highest BCUT2D eigenvalue weighted by atomic mass is 79.9. The molecule has 0 saturated heterocycles. The molecule has 0 aliphatic carbocycles. The number of aliphatic carboxylic acids is 1. The molecule has 1 aromatic heterocycles. The molecule has 0 saturated carbocycles. The van der Waals surface area contributed by atoms with Crippen molar-refractivity contribution in [2.75, 3.05) is 0 Å². The van der Waals surface area contributed by atoms with Crippen LogP contribution >= 0.6 is 15.9 Å². The molecule has 1 N–H and O–H groups in total. The van der Waals surface area contributed by atoms with Gasteiger partial charge in [0.1, 0.15) is 5.52 Å². The number of rotatable bonds is 4. The smallest absolute Gasteiger partial charge is 0.310 e. The SMILES string of the molecule is CC(C(=O)O)c1ccc2oc(Cc3ccc(Br)cc3)nc2c1. The van der Waals surface area contributed by atoms with Gasteiger partial charge in [0.2, 0.25) is 0 Å². The van der Waals surface area contributed by atoms with E-state index in [4.69, 9.17) is 9.52 Å². The van der Waals surface area contributed by atoms with E-state index in [9.17, 15) is 4.79 Å². The molecule has 0 bridgehead atoms. The number of carboxylic acids is 1. The molecule has 2 aromatic carbocycles. The lowest BCUT2D eigenvalue weighted by Gasteiger charge is -2.04. The van der Waals surface area contributed by atoms with Crippen LogP contribution in [-0.4, -0.2) is 16.1 Å². The van der Waals surface area contributed by atoms with Gasteiger partial charge in [0.05, 0.1) is 5.92 Å². The Bertz CT molecular complexity index is 824. The van der Waals surface area contributed by atoms with E-state index in [0.29, 0.717) is 23.4 Å². The van der Waals surface area contributed by atoms with Gasteiger partial charge in [-0.05, 0) is 42.3 Å². The van der Waals surface area contributed by atoms with Crippen LogP contribution in [0.5, 0.6) is 0 Å². The van der Waals surface area contributed by atoms with Crippen LogP contribution in [0.2, 0.25) is 0 Å². The summed E-state index contributed by atoms with van der Waals surface area (Å²) in [6, 6.07) is 13.3. The molecule has 1 atom stereocenters. The Morgan fingerprint density at radius 3 is 2.68 bits per heavy atom. The zero-order valence-corrected chi connectivity index (χ0v) is 13.5. The van der Waals surface area contributed by atoms with Gasteiger partial charge in [0.15, 0.2) is 11.5 Å². The van der Waals surface area contributed by atoms with Crippen LogP contribution in [0.1, 0.15) is 29.9 Å². The molecule has 3 rings (SSSR count). The van der Waals surface area contributed by atoms with Crippen molar-refractivity contribution in [1.82, 2.24) is 4.98 Å². The molecule has 0 aliphatic heterocycles. The lowest BCUT2D eigenvalue weighted by molar-refractivity contribution is -0.138. The normalized spacial score (nSPS) is 12.5. The minimum Gasteiger partial charge on any atom is -0.481 e. The average molecular weight is 360 g/mol. The van der Waals surface area contributed by atoms with Gasteiger partial charge < -0.3 is 9.52 Å². The maximum absolute atomic E-state index is 11.1. The predicted octanol–water partition coefficient (Wildman–Crippen LogP) is 4.37. The highest BCUT2D eigenvalue weighted by molar-refractivity contribution is 9.10. The highest BCUT2D eigenvalue weighted by Crippen LogP contribution is 2.23. The average Bonchev–Trinajstić information content (AvgIpc) is 2.90. The fourth-order valence-electron chi connectivity index (χ4n) is 2.26. The van der Waals surface area contributed by atoms with Gasteiger partial charge in [0, 0.05) is 10.9 Å². The molecule has 1 heterocycles. The summed E-state index contributed by atoms with van der Waals surface area (Å²) in [7, 11) is 0. The van der Waals surface area contributed by atoms with E-state index < -0.39 is 11.9 Å². The van der Waals surface area contributed by atoms with Crippen molar-refractivity contribution in [2.24, 2.45) is 0 Å². The first-order chi connectivity index (χ1) is 10.5. The maximum atomic E-state index is 11.1. The van der Waals surface area contributed by atoms with Crippen LogP contribution in [0, 0.1) is 0 Å². The Morgan fingerprint density at radius 1 is 1.27 bits per heavy atom. The van der Waals surface area contributed by atoms with Crippen molar-refractivity contribution in [3.05, 3.63) is 64.0 Å². The zero-order valence-electron chi connectivity index (χ0n) is 11.9. The number of hydrogen-bond acceptors (Lipinski definition) is 3. The van der Waals surface area contributed by atoms with Crippen molar-refractivity contribution >= 4 is 33.0 Å². The molecule has 0 radical (unpaired) electrons. The summed E-state index contributed by atoms with van der Waals surface area (Å²) in [5.74, 6) is -0.786. The van der Waals surface area contributed by atoms with Gasteiger partial charge in [-0.15, -0.1) is 0 Å². The van der Waals surface area contributed by atoms with Gasteiger partial charge in [-0.1, -0.05) is 34.1 Å². The van der Waals surface area contributed by atoms with Crippen LogP contribution < -0.4 is 0 Å². The Kier molecular flexibility index (Phi) is 3.98. The summed E-state index contributed by atoms with van der Waals surface area (Å²) in [6.45, 7) is 1.66.